The number of carbonyl (C=O) groups excluding carboxylic acids is 5. The van der Waals surface area contributed by atoms with Crippen LogP contribution in [0.1, 0.15) is 44.7 Å². The Morgan fingerprint density at radius 2 is 1.38 bits per heavy atom. The molecule has 0 aromatic heterocycles. The number of rotatable bonds is 17. The van der Waals surface area contributed by atoms with Gasteiger partial charge in [-0.3, -0.25) is 24.0 Å². The number of nitrogens with one attached hydrogen (secondary N) is 4. The second-order valence-electron chi connectivity index (χ2n) is 11.7. The summed E-state index contributed by atoms with van der Waals surface area (Å²) in [5.74, 6) is -5.48. The lowest BCUT2D eigenvalue weighted by Gasteiger charge is -2.28. The Bertz CT molecular complexity index is 1460. The van der Waals surface area contributed by atoms with Gasteiger partial charge in [-0.25, -0.2) is 0 Å². The van der Waals surface area contributed by atoms with E-state index in [1.54, 1.807) is 44.2 Å². The number of hydrogen-bond acceptors (Lipinski definition) is 7. The summed E-state index contributed by atoms with van der Waals surface area (Å²) in [5.41, 5.74) is 5.89. The van der Waals surface area contributed by atoms with Gasteiger partial charge in [-0.15, -0.1) is 13.2 Å². The molecule has 2 rings (SSSR count). The first kappa shape index (κ1) is 41.3. The van der Waals surface area contributed by atoms with Crippen molar-refractivity contribution >= 4 is 29.5 Å². The van der Waals surface area contributed by atoms with Crippen LogP contribution in [0.3, 0.4) is 0 Å². The molecule has 2 aromatic carbocycles. The number of benzene rings is 2. The Balaban J connectivity index is 2.17. The van der Waals surface area contributed by atoms with Crippen LogP contribution in [0.25, 0.3) is 0 Å². The molecule has 0 aliphatic rings. The Morgan fingerprint density at radius 3 is 1.90 bits per heavy atom. The van der Waals surface area contributed by atoms with Crippen molar-refractivity contribution in [2.45, 2.75) is 89.3 Å². The normalized spacial score (nSPS) is 14.8. The number of aliphatic hydroxyl groups excluding tert-OH is 1. The molecule has 0 fully saturated rings. The molecule has 2 aromatic rings. The first-order valence-corrected chi connectivity index (χ1v) is 15.3. The fraction of sp³-hybridized carbons (Fsp3) is 0.469. The highest BCUT2D eigenvalue weighted by atomic mass is 19.4. The zero-order valence-electron chi connectivity index (χ0n) is 27.2. The molecule has 0 aliphatic carbocycles. The maximum absolute atomic E-state index is 13.4. The lowest BCUT2D eigenvalue weighted by atomic mass is 10.00. The highest BCUT2D eigenvalue weighted by Gasteiger charge is 2.44. The summed E-state index contributed by atoms with van der Waals surface area (Å²) in [5, 5.41) is 19.1. The van der Waals surface area contributed by atoms with Crippen molar-refractivity contribution in [1.82, 2.24) is 21.3 Å². The summed E-state index contributed by atoms with van der Waals surface area (Å²) < 4.78 is 80.7. The molecule has 12 nitrogen and oxygen atoms in total. The van der Waals surface area contributed by atoms with Gasteiger partial charge < -0.3 is 36.8 Å². The zero-order chi connectivity index (χ0) is 37.8. The topological polar surface area (TPSA) is 189 Å². The minimum Gasteiger partial charge on any atom is -0.406 e. The monoisotopic (exact) mass is 719 g/mol. The van der Waals surface area contributed by atoms with Gasteiger partial charge in [-0.1, -0.05) is 56.3 Å². The number of halogens is 6. The smallest absolute Gasteiger partial charge is 0.406 e. The van der Waals surface area contributed by atoms with Crippen molar-refractivity contribution in [1.29, 1.82) is 0 Å². The predicted molar refractivity (Wildman–Crippen MR) is 166 cm³/mol. The van der Waals surface area contributed by atoms with E-state index in [0.29, 0.717) is 11.1 Å². The molecule has 5 atom stereocenters. The van der Waals surface area contributed by atoms with E-state index >= 15 is 0 Å². The third-order valence-electron chi connectivity index (χ3n) is 7.20. The first-order valence-electron chi connectivity index (χ1n) is 15.3. The number of hydrogen-bond donors (Lipinski definition) is 6. The second-order valence-corrected chi connectivity index (χ2v) is 11.7. The van der Waals surface area contributed by atoms with Gasteiger partial charge in [0.2, 0.25) is 29.5 Å². The molecule has 0 heterocycles. The van der Waals surface area contributed by atoms with E-state index in [2.05, 4.69) is 20.7 Å². The van der Waals surface area contributed by atoms with Crippen LogP contribution in [0.4, 0.5) is 26.3 Å². The van der Waals surface area contributed by atoms with E-state index in [9.17, 15) is 55.4 Å². The lowest BCUT2D eigenvalue weighted by Crippen LogP contribution is -2.59. The fourth-order valence-electron chi connectivity index (χ4n) is 4.60. The molecule has 7 N–H and O–H groups in total. The molecule has 0 saturated heterocycles. The number of nitrogens with two attached hydrogens (primary N) is 1. The van der Waals surface area contributed by atoms with Crippen LogP contribution in [0.15, 0.2) is 54.6 Å². The lowest BCUT2D eigenvalue weighted by molar-refractivity contribution is -0.274. The molecular formula is C32H39F6N5O7. The van der Waals surface area contributed by atoms with Crippen LogP contribution in [0.2, 0.25) is 0 Å². The number of ether oxygens (including phenoxy) is 1. The number of amides is 5. The third-order valence-corrected chi connectivity index (χ3v) is 7.20. The molecule has 5 amide bonds. The third kappa shape index (κ3) is 14.3. The molecule has 3 unspecified atom stereocenters. The Morgan fingerprint density at radius 1 is 0.780 bits per heavy atom. The quantitative estimate of drug-likeness (QED) is 0.135. The van der Waals surface area contributed by atoms with E-state index in [1.165, 1.54) is 12.1 Å². The summed E-state index contributed by atoms with van der Waals surface area (Å²) in [6, 6.07) is 6.87. The van der Waals surface area contributed by atoms with Gasteiger partial charge in [0.05, 0.1) is 12.5 Å². The first-order chi connectivity index (χ1) is 23.2. The SMILES string of the molecule is CC(C)[C@H](NC(=O)Cc1ccc(OC(F)(F)F)cc1)C(=O)NC(Cc1ccccc1)C(=O)N[C@@H](C)C(=O)NC(CCC(N)=O)C(O)C(F)(F)F. The molecule has 18 heteroatoms. The van der Waals surface area contributed by atoms with Gasteiger partial charge in [-0.05, 0) is 42.5 Å². The predicted octanol–water partition coefficient (Wildman–Crippen LogP) is 2.17. The van der Waals surface area contributed by atoms with E-state index < -0.39 is 96.9 Å². The van der Waals surface area contributed by atoms with Crippen molar-refractivity contribution in [2.75, 3.05) is 0 Å². The van der Waals surface area contributed by atoms with E-state index in [4.69, 9.17) is 5.73 Å². The highest BCUT2D eigenvalue weighted by molar-refractivity contribution is 5.94. The summed E-state index contributed by atoms with van der Waals surface area (Å²) in [6.45, 7) is 4.37. The average molecular weight is 720 g/mol. The molecule has 0 radical (unpaired) electrons. The summed E-state index contributed by atoms with van der Waals surface area (Å²) >= 11 is 0. The molecule has 50 heavy (non-hydrogen) atoms. The Hall–Kier alpha value is -4.87. The van der Waals surface area contributed by atoms with Crippen molar-refractivity contribution in [2.24, 2.45) is 11.7 Å². The van der Waals surface area contributed by atoms with Crippen molar-refractivity contribution in [3.05, 3.63) is 65.7 Å². The summed E-state index contributed by atoms with van der Waals surface area (Å²) in [4.78, 5) is 63.6. The number of carbonyl (C=O) groups is 5. The van der Waals surface area contributed by atoms with Gasteiger partial charge in [0.1, 0.15) is 23.9 Å². The number of primary amides is 1. The van der Waals surface area contributed by atoms with E-state index in [-0.39, 0.29) is 12.8 Å². The van der Waals surface area contributed by atoms with Gasteiger partial charge in [0, 0.05) is 12.8 Å². The summed E-state index contributed by atoms with van der Waals surface area (Å²) in [7, 11) is 0. The van der Waals surface area contributed by atoms with Crippen LogP contribution in [-0.2, 0) is 36.8 Å². The highest BCUT2D eigenvalue weighted by Crippen LogP contribution is 2.25. The molecular weight excluding hydrogens is 680 g/mol. The van der Waals surface area contributed by atoms with Crippen molar-refractivity contribution in [3.8, 4) is 5.75 Å². The summed E-state index contributed by atoms with van der Waals surface area (Å²) in [6.07, 6.45) is -14.7. The van der Waals surface area contributed by atoms with Gasteiger partial charge in [-0.2, -0.15) is 13.2 Å². The van der Waals surface area contributed by atoms with E-state index in [0.717, 1.165) is 19.1 Å². The maximum atomic E-state index is 13.4. The van der Waals surface area contributed by atoms with Crippen LogP contribution < -0.4 is 31.7 Å². The largest absolute Gasteiger partial charge is 0.573 e. The van der Waals surface area contributed by atoms with Crippen LogP contribution in [0.5, 0.6) is 5.75 Å². The standard InChI is InChI=1S/C32H39F6N5O7/c1-17(2)26(43-25(45)16-20-9-11-21(12-10-20)50-32(36,37)38)30(49)42-23(15-19-7-5-4-6-8-19)29(48)40-18(3)28(47)41-22(13-14-24(39)44)27(46)31(33,34)35/h4-12,17-18,22-23,26-27,46H,13-16H2,1-3H3,(H2,39,44)(H,40,48)(H,41,47)(H,42,49)(H,43,45)/t18-,22?,23?,26-,27?/m0/s1. The molecule has 0 saturated carbocycles. The van der Waals surface area contributed by atoms with Gasteiger partial charge in [0.15, 0.2) is 6.10 Å². The van der Waals surface area contributed by atoms with Crippen LogP contribution in [0, 0.1) is 5.92 Å². The maximum Gasteiger partial charge on any atom is 0.573 e. The fourth-order valence-corrected chi connectivity index (χ4v) is 4.60. The minimum atomic E-state index is -5.15. The molecule has 0 spiro atoms. The minimum absolute atomic E-state index is 0.105. The molecule has 0 aliphatic heterocycles. The van der Waals surface area contributed by atoms with Crippen LogP contribution in [-0.4, -0.2) is 77.5 Å². The number of alkyl halides is 6. The Kier molecular flexibility index (Phi) is 15.0. The second kappa shape index (κ2) is 18.2. The average Bonchev–Trinajstić information content (AvgIpc) is 3.01. The molecule has 0 bridgehead atoms. The number of aliphatic hydroxyl groups is 1. The van der Waals surface area contributed by atoms with Gasteiger partial charge >= 0.3 is 12.5 Å². The van der Waals surface area contributed by atoms with Crippen molar-refractivity contribution in [3.63, 3.8) is 0 Å². The Labute approximate surface area is 283 Å². The van der Waals surface area contributed by atoms with Gasteiger partial charge in [0.25, 0.3) is 0 Å². The zero-order valence-corrected chi connectivity index (χ0v) is 27.2. The van der Waals surface area contributed by atoms with E-state index in [1.807, 2.05) is 5.32 Å². The van der Waals surface area contributed by atoms with Crippen LogP contribution >= 0.6 is 0 Å². The molecule has 276 valence electrons. The van der Waals surface area contributed by atoms with Crippen molar-refractivity contribution < 1.29 is 60.2 Å².